The van der Waals surface area contributed by atoms with E-state index in [0.29, 0.717) is 24.2 Å². The molecule has 1 saturated heterocycles. The standard InChI is InChI=1S/C12H25NO3S/c1-3-12-11(6-8-16-12)10-13-7-5-9-17(14,15)4-2/h11-13H,3-10H2,1-2H3. The van der Waals surface area contributed by atoms with E-state index in [1.165, 1.54) is 0 Å². The minimum absolute atomic E-state index is 0.251. The van der Waals surface area contributed by atoms with Crippen molar-refractivity contribution >= 4 is 9.84 Å². The molecule has 0 aromatic heterocycles. The first-order chi connectivity index (χ1) is 8.09. The summed E-state index contributed by atoms with van der Waals surface area (Å²) in [6.45, 7) is 6.45. The lowest BCUT2D eigenvalue weighted by Gasteiger charge is -2.17. The number of rotatable bonds is 8. The maximum absolute atomic E-state index is 11.3. The lowest BCUT2D eigenvalue weighted by molar-refractivity contribution is 0.0873. The van der Waals surface area contributed by atoms with Gasteiger partial charge in [-0.25, -0.2) is 8.42 Å². The number of nitrogens with one attached hydrogen (secondary N) is 1. The zero-order valence-electron chi connectivity index (χ0n) is 10.9. The van der Waals surface area contributed by atoms with Crippen LogP contribution in [0.1, 0.15) is 33.1 Å². The fraction of sp³-hybridized carbons (Fsp3) is 1.00. The van der Waals surface area contributed by atoms with Crippen LogP contribution in [0.4, 0.5) is 0 Å². The van der Waals surface area contributed by atoms with Gasteiger partial charge in [-0.1, -0.05) is 13.8 Å². The van der Waals surface area contributed by atoms with Crippen molar-refractivity contribution in [3.63, 3.8) is 0 Å². The van der Waals surface area contributed by atoms with Crippen LogP contribution in [0.5, 0.6) is 0 Å². The molecule has 102 valence electrons. The molecule has 0 aliphatic carbocycles. The topological polar surface area (TPSA) is 55.4 Å². The lowest BCUT2D eigenvalue weighted by atomic mass is 10.00. The molecule has 0 amide bonds. The maximum atomic E-state index is 11.3. The fourth-order valence-corrected chi connectivity index (χ4v) is 3.10. The molecule has 2 unspecified atom stereocenters. The number of hydrogen-bond acceptors (Lipinski definition) is 4. The minimum Gasteiger partial charge on any atom is -0.378 e. The van der Waals surface area contributed by atoms with E-state index in [4.69, 9.17) is 4.74 Å². The molecule has 0 aromatic carbocycles. The average Bonchev–Trinajstić information content (AvgIpc) is 2.76. The quantitative estimate of drug-likeness (QED) is 0.669. The summed E-state index contributed by atoms with van der Waals surface area (Å²) in [6.07, 6.45) is 3.29. The van der Waals surface area contributed by atoms with E-state index >= 15 is 0 Å². The number of hydrogen-bond donors (Lipinski definition) is 1. The normalized spacial score (nSPS) is 25.3. The molecule has 0 spiro atoms. The first-order valence-electron chi connectivity index (χ1n) is 6.61. The van der Waals surface area contributed by atoms with E-state index in [-0.39, 0.29) is 5.75 Å². The monoisotopic (exact) mass is 263 g/mol. The first kappa shape index (κ1) is 14.9. The first-order valence-corrected chi connectivity index (χ1v) is 8.44. The molecule has 1 aliphatic heterocycles. The van der Waals surface area contributed by atoms with Gasteiger partial charge in [-0.15, -0.1) is 0 Å². The highest BCUT2D eigenvalue weighted by atomic mass is 32.2. The largest absolute Gasteiger partial charge is 0.378 e. The molecule has 1 fully saturated rings. The van der Waals surface area contributed by atoms with Gasteiger partial charge in [0.1, 0.15) is 9.84 Å². The van der Waals surface area contributed by atoms with Crippen molar-refractivity contribution in [2.24, 2.45) is 5.92 Å². The van der Waals surface area contributed by atoms with Gasteiger partial charge in [0, 0.05) is 18.9 Å². The van der Waals surface area contributed by atoms with Crippen LogP contribution < -0.4 is 5.32 Å². The molecule has 0 bridgehead atoms. The number of ether oxygens (including phenoxy) is 1. The van der Waals surface area contributed by atoms with Crippen molar-refractivity contribution in [2.75, 3.05) is 31.2 Å². The Kier molecular flexibility index (Phi) is 6.44. The summed E-state index contributed by atoms with van der Waals surface area (Å²) in [4.78, 5) is 0. The average molecular weight is 263 g/mol. The molecule has 1 N–H and O–H groups in total. The van der Waals surface area contributed by atoms with E-state index in [0.717, 1.165) is 32.5 Å². The molecular weight excluding hydrogens is 238 g/mol. The van der Waals surface area contributed by atoms with Crippen molar-refractivity contribution in [2.45, 2.75) is 39.2 Å². The van der Waals surface area contributed by atoms with Crippen molar-refractivity contribution in [1.82, 2.24) is 5.32 Å². The predicted octanol–water partition coefficient (Wildman–Crippen LogP) is 1.22. The summed E-state index contributed by atoms with van der Waals surface area (Å²) in [5.41, 5.74) is 0. The number of sulfone groups is 1. The van der Waals surface area contributed by atoms with Crippen LogP contribution in [-0.2, 0) is 14.6 Å². The van der Waals surface area contributed by atoms with Crippen molar-refractivity contribution in [3.05, 3.63) is 0 Å². The Hall–Kier alpha value is -0.130. The molecule has 1 aliphatic rings. The molecule has 5 heteroatoms. The van der Waals surface area contributed by atoms with Crippen molar-refractivity contribution in [1.29, 1.82) is 0 Å². The van der Waals surface area contributed by atoms with Gasteiger partial charge in [0.25, 0.3) is 0 Å². The summed E-state index contributed by atoms with van der Waals surface area (Å²) in [5, 5.41) is 3.34. The second kappa shape index (κ2) is 7.34. The van der Waals surface area contributed by atoms with Gasteiger partial charge in [-0.3, -0.25) is 0 Å². The van der Waals surface area contributed by atoms with Gasteiger partial charge in [-0.05, 0) is 31.7 Å². The Morgan fingerprint density at radius 2 is 2.12 bits per heavy atom. The minimum atomic E-state index is -2.80. The molecule has 4 nitrogen and oxygen atoms in total. The van der Waals surface area contributed by atoms with Crippen molar-refractivity contribution in [3.8, 4) is 0 Å². The Morgan fingerprint density at radius 3 is 2.76 bits per heavy atom. The molecule has 0 aromatic rings. The van der Waals surface area contributed by atoms with Crippen LogP contribution >= 0.6 is 0 Å². The highest BCUT2D eigenvalue weighted by molar-refractivity contribution is 7.91. The van der Waals surface area contributed by atoms with E-state index in [2.05, 4.69) is 12.2 Å². The Bertz CT molecular complexity index is 303. The third-order valence-electron chi connectivity index (χ3n) is 3.40. The Balaban J connectivity index is 2.08. The SMILES string of the molecule is CCC1OCCC1CNCCCS(=O)(=O)CC. The lowest BCUT2D eigenvalue weighted by Crippen LogP contribution is -2.29. The van der Waals surface area contributed by atoms with Crippen LogP contribution in [0.15, 0.2) is 0 Å². The van der Waals surface area contributed by atoms with E-state index in [1.807, 2.05) is 0 Å². The predicted molar refractivity (Wildman–Crippen MR) is 70.0 cm³/mol. The summed E-state index contributed by atoms with van der Waals surface area (Å²) >= 11 is 0. The highest BCUT2D eigenvalue weighted by Crippen LogP contribution is 2.22. The van der Waals surface area contributed by atoms with Crippen LogP contribution in [0.2, 0.25) is 0 Å². The summed E-state index contributed by atoms with van der Waals surface area (Å²) in [7, 11) is -2.80. The van der Waals surface area contributed by atoms with E-state index < -0.39 is 9.84 Å². The zero-order chi connectivity index (χ0) is 12.7. The molecule has 0 radical (unpaired) electrons. The summed E-state index contributed by atoms with van der Waals surface area (Å²) < 4.78 is 28.1. The molecule has 2 atom stereocenters. The molecule has 1 heterocycles. The summed E-state index contributed by atoms with van der Waals surface area (Å²) in [6, 6.07) is 0. The fourth-order valence-electron chi connectivity index (χ4n) is 2.23. The van der Waals surface area contributed by atoms with Crippen LogP contribution in [-0.4, -0.2) is 45.7 Å². The van der Waals surface area contributed by atoms with E-state index in [9.17, 15) is 8.42 Å². The Labute approximate surface area is 105 Å². The van der Waals surface area contributed by atoms with Gasteiger partial charge < -0.3 is 10.1 Å². The highest BCUT2D eigenvalue weighted by Gasteiger charge is 2.25. The van der Waals surface area contributed by atoms with Crippen LogP contribution in [0.25, 0.3) is 0 Å². The van der Waals surface area contributed by atoms with Gasteiger partial charge in [0.2, 0.25) is 0 Å². The van der Waals surface area contributed by atoms with Gasteiger partial charge >= 0.3 is 0 Å². The third kappa shape index (κ3) is 5.36. The van der Waals surface area contributed by atoms with Gasteiger partial charge in [0.05, 0.1) is 11.9 Å². The molecular formula is C12H25NO3S. The molecule has 17 heavy (non-hydrogen) atoms. The van der Waals surface area contributed by atoms with Gasteiger partial charge in [0.15, 0.2) is 0 Å². The van der Waals surface area contributed by atoms with Crippen molar-refractivity contribution < 1.29 is 13.2 Å². The zero-order valence-corrected chi connectivity index (χ0v) is 11.8. The summed E-state index contributed by atoms with van der Waals surface area (Å²) in [5.74, 6) is 1.15. The maximum Gasteiger partial charge on any atom is 0.150 e. The second-order valence-corrected chi connectivity index (χ2v) is 7.13. The smallest absolute Gasteiger partial charge is 0.150 e. The molecule has 1 rings (SSSR count). The van der Waals surface area contributed by atoms with E-state index in [1.54, 1.807) is 6.92 Å². The third-order valence-corrected chi connectivity index (χ3v) is 5.19. The van der Waals surface area contributed by atoms with Gasteiger partial charge in [-0.2, -0.15) is 0 Å². The Morgan fingerprint density at radius 1 is 1.35 bits per heavy atom. The van der Waals surface area contributed by atoms with Crippen LogP contribution in [0.3, 0.4) is 0 Å². The second-order valence-electron chi connectivity index (χ2n) is 4.66. The van der Waals surface area contributed by atoms with Crippen LogP contribution in [0, 0.1) is 5.92 Å². The molecule has 0 saturated carbocycles.